The highest BCUT2D eigenvalue weighted by Crippen LogP contribution is 2.29. The summed E-state index contributed by atoms with van der Waals surface area (Å²) in [4.78, 5) is 21.5. The Bertz CT molecular complexity index is 1110. The predicted octanol–water partition coefficient (Wildman–Crippen LogP) is 2.92. The van der Waals surface area contributed by atoms with Gasteiger partial charge in [0.1, 0.15) is 12.1 Å². The molecule has 32 heavy (non-hydrogen) atoms. The van der Waals surface area contributed by atoms with Crippen LogP contribution in [0, 0.1) is 18.3 Å². The topological polar surface area (TPSA) is 98.3 Å². The van der Waals surface area contributed by atoms with Gasteiger partial charge in [-0.05, 0) is 37.6 Å². The third-order valence-corrected chi connectivity index (χ3v) is 5.63. The minimum atomic E-state index is -0.322. The molecule has 1 unspecified atom stereocenters. The minimum Gasteiger partial charge on any atom is -0.368 e. The molecule has 0 bridgehead atoms. The van der Waals surface area contributed by atoms with Gasteiger partial charge < -0.3 is 14.7 Å². The van der Waals surface area contributed by atoms with Crippen LogP contribution in [0.15, 0.2) is 53.1 Å². The molecule has 0 radical (unpaired) electrons. The number of carbonyl (C=O) groups excluding carboxylic acids is 1. The normalized spacial score (nSPS) is 15.2. The molecule has 1 fully saturated rings. The van der Waals surface area contributed by atoms with Crippen molar-refractivity contribution in [3.05, 3.63) is 65.5 Å². The zero-order valence-corrected chi connectivity index (χ0v) is 18.3. The molecule has 1 aromatic heterocycles. The van der Waals surface area contributed by atoms with E-state index >= 15 is 0 Å². The van der Waals surface area contributed by atoms with Crippen LogP contribution in [0.1, 0.15) is 29.9 Å². The van der Waals surface area contributed by atoms with Crippen molar-refractivity contribution in [2.75, 3.05) is 37.6 Å². The summed E-state index contributed by atoms with van der Waals surface area (Å²) in [5.74, 6) is 0.978. The van der Waals surface area contributed by atoms with E-state index in [0.29, 0.717) is 36.9 Å². The number of nitriles is 1. The summed E-state index contributed by atoms with van der Waals surface area (Å²) in [5.41, 5.74) is 3.16. The van der Waals surface area contributed by atoms with Gasteiger partial charge in [-0.25, -0.2) is 0 Å². The number of benzene rings is 2. The van der Waals surface area contributed by atoms with Crippen molar-refractivity contribution in [2.24, 2.45) is 0 Å². The minimum absolute atomic E-state index is 0.0177. The maximum Gasteiger partial charge on any atom is 0.257 e. The molecule has 0 aliphatic carbocycles. The molecule has 0 spiro atoms. The standard InChI is InChI=1S/C24H26N6O2/c1-3-26-23(31)22(18-7-5-4-6-8-18)30-13-11-29(12-14-30)21-10-9-19(15-20(21)16-25)24-27-17(2)28-32-24/h4-10,15,22H,3,11-14H2,1-2H3,(H,26,31). The van der Waals surface area contributed by atoms with Crippen LogP contribution in [0.5, 0.6) is 0 Å². The number of aryl methyl sites for hydroxylation is 1. The number of likely N-dealkylation sites (N-methyl/N-ethyl adjacent to an activating group) is 1. The molecule has 3 aromatic rings. The number of anilines is 1. The molecule has 2 heterocycles. The van der Waals surface area contributed by atoms with E-state index in [9.17, 15) is 10.1 Å². The molecule has 1 N–H and O–H groups in total. The molecule has 4 rings (SSSR count). The Kier molecular flexibility index (Phi) is 6.47. The van der Waals surface area contributed by atoms with Crippen molar-refractivity contribution >= 4 is 11.6 Å². The Labute approximate surface area is 187 Å². The number of hydrogen-bond acceptors (Lipinski definition) is 7. The van der Waals surface area contributed by atoms with E-state index in [1.54, 1.807) is 13.0 Å². The maximum absolute atomic E-state index is 12.8. The Balaban J connectivity index is 1.51. The van der Waals surface area contributed by atoms with Crippen LogP contribution in [-0.2, 0) is 4.79 Å². The predicted molar refractivity (Wildman–Crippen MR) is 121 cm³/mol. The first-order valence-electron chi connectivity index (χ1n) is 10.8. The van der Waals surface area contributed by atoms with E-state index < -0.39 is 0 Å². The summed E-state index contributed by atoms with van der Waals surface area (Å²) in [7, 11) is 0. The number of piperazine rings is 1. The lowest BCUT2D eigenvalue weighted by molar-refractivity contribution is -0.126. The van der Waals surface area contributed by atoms with Gasteiger partial charge >= 0.3 is 0 Å². The van der Waals surface area contributed by atoms with Crippen molar-refractivity contribution in [2.45, 2.75) is 19.9 Å². The third-order valence-electron chi connectivity index (χ3n) is 5.63. The van der Waals surface area contributed by atoms with Crippen molar-refractivity contribution in [3.8, 4) is 17.5 Å². The second kappa shape index (κ2) is 9.62. The molecular weight excluding hydrogens is 404 g/mol. The van der Waals surface area contributed by atoms with E-state index in [4.69, 9.17) is 4.52 Å². The van der Waals surface area contributed by atoms with Crippen molar-refractivity contribution in [3.63, 3.8) is 0 Å². The van der Waals surface area contributed by atoms with Crippen molar-refractivity contribution in [1.82, 2.24) is 20.4 Å². The molecule has 164 valence electrons. The first-order valence-corrected chi connectivity index (χ1v) is 10.8. The molecule has 8 nitrogen and oxygen atoms in total. The molecule has 1 aliphatic heterocycles. The SMILES string of the molecule is CCNC(=O)C(c1ccccc1)N1CCN(c2ccc(-c3nc(C)no3)cc2C#N)CC1. The number of aromatic nitrogens is 2. The number of nitrogens with one attached hydrogen (secondary N) is 1. The fraction of sp³-hybridized carbons (Fsp3) is 0.333. The first-order chi connectivity index (χ1) is 15.6. The summed E-state index contributed by atoms with van der Waals surface area (Å²) >= 11 is 0. The van der Waals surface area contributed by atoms with Gasteiger partial charge in [0.25, 0.3) is 5.89 Å². The summed E-state index contributed by atoms with van der Waals surface area (Å²) in [6.07, 6.45) is 0. The van der Waals surface area contributed by atoms with E-state index in [1.165, 1.54) is 0 Å². The van der Waals surface area contributed by atoms with Crippen LogP contribution in [0.25, 0.3) is 11.5 Å². The lowest BCUT2D eigenvalue weighted by atomic mass is 10.0. The molecule has 1 aliphatic rings. The van der Waals surface area contributed by atoms with Crippen LogP contribution >= 0.6 is 0 Å². The average molecular weight is 431 g/mol. The summed E-state index contributed by atoms with van der Waals surface area (Å²) in [6, 6.07) is 17.5. The van der Waals surface area contributed by atoms with Crippen LogP contribution in [-0.4, -0.2) is 53.7 Å². The van der Waals surface area contributed by atoms with Crippen LogP contribution in [0.4, 0.5) is 5.69 Å². The van der Waals surface area contributed by atoms with Crippen LogP contribution < -0.4 is 10.2 Å². The zero-order valence-electron chi connectivity index (χ0n) is 18.3. The number of carbonyl (C=O) groups is 1. The summed E-state index contributed by atoms with van der Waals surface area (Å²) in [5, 5.41) is 16.5. The third kappa shape index (κ3) is 4.48. The van der Waals surface area contributed by atoms with Gasteiger partial charge in [0.15, 0.2) is 5.82 Å². The number of amides is 1. The molecule has 1 amide bonds. The van der Waals surface area contributed by atoms with E-state index in [-0.39, 0.29) is 11.9 Å². The lowest BCUT2D eigenvalue weighted by Crippen LogP contribution is -2.51. The fourth-order valence-corrected chi connectivity index (χ4v) is 4.10. The second-order valence-electron chi connectivity index (χ2n) is 7.72. The van der Waals surface area contributed by atoms with Gasteiger partial charge in [0, 0.05) is 38.3 Å². The first kappa shape index (κ1) is 21.5. The second-order valence-corrected chi connectivity index (χ2v) is 7.72. The van der Waals surface area contributed by atoms with Gasteiger partial charge in [-0.15, -0.1) is 0 Å². The Hall–Kier alpha value is -3.70. The van der Waals surface area contributed by atoms with Crippen molar-refractivity contribution in [1.29, 1.82) is 5.26 Å². The molecule has 2 aromatic carbocycles. The van der Waals surface area contributed by atoms with E-state index in [1.807, 2.05) is 49.4 Å². The van der Waals surface area contributed by atoms with Gasteiger partial charge in [0.2, 0.25) is 5.91 Å². The Morgan fingerprint density at radius 1 is 1.19 bits per heavy atom. The average Bonchev–Trinajstić information content (AvgIpc) is 3.26. The van der Waals surface area contributed by atoms with Crippen LogP contribution in [0.2, 0.25) is 0 Å². The fourth-order valence-electron chi connectivity index (χ4n) is 4.10. The lowest BCUT2D eigenvalue weighted by Gasteiger charge is -2.40. The highest BCUT2D eigenvalue weighted by Gasteiger charge is 2.30. The molecule has 1 saturated heterocycles. The Morgan fingerprint density at radius 2 is 1.94 bits per heavy atom. The van der Waals surface area contributed by atoms with Crippen LogP contribution in [0.3, 0.4) is 0 Å². The molecule has 1 atom stereocenters. The van der Waals surface area contributed by atoms with Gasteiger partial charge in [0.05, 0.1) is 11.3 Å². The molecule has 0 saturated carbocycles. The quantitative estimate of drug-likeness (QED) is 0.642. The molecular formula is C24H26N6O2. The zero-order chi connectivity index (χ0) is 22.5. The highest BCUT2D eigenvalue weighted by molar-refractivity contribution is 5.83. The largest absolute Gasteiger partial charge is 0.368 e. The van der Waals surface area contributed by atoms with Crippen molar-refractivity contribution < 1.29 is 9.32 Å². The summed E-state index contributed by atoms with van der Waals surface area (Å²) < 4.78 is 5.23. The smallest absolute Gasteiger partial charge is 0.257 e. The number of rotatable bonds is 6. The van der Waals surface area contributed by atoms with E-state index in [0.717, 1.165) is 29.9 Å². The van der Waals surface area contributed by atoms with E-state index in [2.05, 4.69) is 31.3 Å². The van der Waals surface area contributed by atoms with Gasteiger partial charge in [-0.1, -0.05) is 35.5 Å². The monoisotopic (exact) mass is 430 g/mol. The van der Waals surface area contributed by atoms with Gasteiger partial charge in [-0.3, -0.25) is 9.69 Å². The highest BCUT2D eigenvalue weighted by atomic mass is 16.5. The molecule has 8 heteroatoms. The number of nitrogens with zero attached hydrogens (tertiary/aromatic N) is 5. The summed E-state index contributed by atoms with van der Waals surface area (Å²) in [6.45, 7) is 7.15. The Morgan fingerprint density at radius 3 is 2.56 bits per heavy atom. The number of hydrogen-bond donors (Lipinski definition) is 1. The maximum atomic E-state index is 12.8. The van der Waals surface area contributed by atoms with Gasteiger partial charge in [-0.2, -0.15) is 10.2 Å².